The van der Waals surface area contributed by atoms with Crippen molar-refractivity contribution >= 4 is 17.8 Å². The Hall–Kier alpha value is -1.63. The third kappa shape index (κ3) is 4.17. The number of carbonyl (C=O) groups is 3. The van der Waals surface area contributed by atoms with Crippen LogP contribution in [0.15, 0.2) is 0 Å². The standard InChI is InChI=1S/C14H23N3O4/c1-16-9-11(2-3-12(16)18)15-8-13(19)17-6-4-10(5-7-17)14(20)21/h10-11,15H,2-9H2,1H3,(H,20,21). The first kappa shape index (κ1) is 15.8. The molecule has 0 spiro atoms. The van der Waals surface area contributed by atoms with Crippen LogP contribution in [0.25, 0.3) is 0 Å². The van der Waals surface area contributed by atoms with Crippen LogP contribution in [-0.2, 0) is 14.4 Å². The van der Waals surface area contributed by atoms with Crippen molar-refractivity contribution < 1.29 is 19.5 Å². The van der Waals surface area contributed by atoms with Gasteiger partial charge in [-0.15, -0.1) is 0 Å². The molecular formula is C14H23N3O4. The minimum Gasteiger partial charge on any atom is -0.481 e. The van der Waals surface area contributed by atoms with Crippen LogP contribution >= 0.6 is 0 Å². The molecule has 1 atom stereocenters. The molecule has 2 amide bonds. The maximum absolute atomic E-state index is 12.1. The highest BCUT2D eigenvalue weighted by molar-refractivity contribution is 5.79. The van der Waals surface area contributed by atoms with E-state index in [4.69, 9.17) is 5.11 Å². The number of piperidine rings is 2. The molecule has 2 heterocycles. The average molecular weight is 297 g/mol. The molecule has 2 fully saturated rings. The Bertz CT molecular complexity index is 418. The molecule has 0 aliphatic carbocycles. The van der Waals surface area contributed by atoms with Crippen LogP contribution in [0, 0.1) is 5.92 Å². The maximum atomic E-state index is 12.1. The lowest BCUT2D eigenvalue weighted by Gasteiger charge is -2.33. The Labute approximate surface area is 124 Å². The third-order valence-corrected chi connectivity index (χ3v) is 4.37. The summed E-state index contributed by atoms with van der Waals surface area (Å²) in [6, 6.07) is 0.160. The number of rotatable bonds is 4. The van der Waals surface area contributed by atoms with Gasteiger partial charge in [-0.25, -0.2) is 0 Å². The van der Waals surface area contributed by atoms with E-state index in [9.17, 15) is 14.4 Å². The number of aliphatic carboxylic acids is 1. The van der Waals surface area contributed by atoms with E-state index in [0.29, 0.717) is 38.9 Å². The summed E-state index contributed by atoms with van der Waals surface area (Å²) in [6.07, 6.45) is 2.34. The SMILES string of the molecule is CN1CC(NCC(=O)N2CCC(C(=O)O)CC2)CCC1=O. The summed E-state index contributed by atoms with van der Waals surface area (Å²) < 4.78 is 0. The van der Waals surface area contributed by atoms with E-state index in [-0.39, 0.29) is 30.3 Å². The van der Waals surface area contributed by atoms with Crippen molar-refractivity contribution in [1.29, 1.82) is 0 Å². The van der Waals surface area contributed by atoms with Gasteiger partial charge in [-0.3, -0.25) is 14.4 Å². The number of hydrogen-bond donors (Lipinski definition) is 2. The van der Waals surface area contributed by atoms with Crippen molar-refractivity contribution in [3.8, 4) is 0 Å². The first-order valence-corrected chi connectivity index (χ1v) is 7.45. The van der Waals surface area contributed by atoms with Crippen molar-refractivity contribution in [1.82, 2.24) is 15.1 Å². The predicted molar refractivity (Wildman–Crippen MR) is 75.6 cm³/mol. The van der Waals surface area contributed by atoms with Crippen molar-refractivity contribution in [2.24, 2.45) is 5.92 Å². The van der Waals surface area contributed by atoms with E-state index in [1.165, 1.54) is 0 Å². The Balaban J connectivity index is 1.71. The minimum absolute atomic E-state index is 0.0124. The van der Waals surface area contributed by atoms with Crippen LogP contribution in [0.4, 0.5) is 0 Å². The van der Waals surface area contributed by atoms with Gasteiger partial charge in [-0.2, -0.15) is 0 Å². The van der Waals surface area contributed by atoms with E-state index < -0.39 is 5.97 Å². The molecular weight excluding hydrogens is 274 g/mol. The third-order valence-electron chi connectivity index (χ3n) is 4.37. The summed E-state index contributed by atoms with van der Waals surface area (Å²) in [4.78, 5) is 37.8. The molecule has 0 radical (unpaired) electrons. The van der Waals surface area contributed by atoms with Gasteiger partial charge >= 0.3 is 5.97 Å². The summed E-state index contributed by atoms with van der Waals surface area (Å²) in [5.74, 6) is -0.927. The number of hydrogen-bond acceptors (Lipinski definition) is 4. The fourth-order valence-corrected chi connectivity index (χ4v) is 2.90. The lowest BCUT2D eigenvalue weighted by Crippen LogP contribution is -2.50. The summed E-state index contributed by atoms with van der Waals surface area (Å²) in [6.45, 7) is 1.92. The van der Waals surface area contributed by atoms with Gasteiger partial charge in [0.2, 0.25) is 11.8 Å². The number of likely N-dealkylation sites (tertiary alicyclic amines) is 2. The molecule has 0 aromatic rings. The summed E-state index contributed by atoms with van der Waals surface area (Å²) >= 11 is 0. The topological polar surface area (TPSA) is 90.0 Å². The summed E-state index contributed by atoms with van der Waals surface area (Å²) in [5.41, 5.74) is 0. The number of carboxylic acid groups (broad SMARTS) is 1. The van der Waals surface area contributed by atoms with E-state index in [0.717, 1.165) is 6.42 Å². The molecule has 7 nitrogen and oxygen atoms in total. The second-order valence-corrected chi connectivity index (χ2v) is 5.88. The van der Waals surface area contributed by atoms with Gasteiger partial charge in [0.1, 0.15) is 0 Å². The monoisotopic (exact) mass is 297 g/mol. The molecule has 0 saturated carbocycles. The number of nitrogens with one attached hydrogen (secondary N) is 1. The molecule has 2 rings (SSSR count). The lowest BCUT2D eigenvalue weighted by molar-refractivity contribution is -0.145. The highest BCUT2D eigenvalue weighted by Crippen LogP contribution is 2.17. The Kier molecular flexibility index (Phi) is 5.17. The average Bonchev–Trinajstić information content (AvgIpc) is 2.48. The Morgan fingerprint density at radius 2 is 1.95 bits per heavy atom. The molecule has 0 bridgehead atoms. The van der Waals surface area contributed by atoms with Gasteiger partial charge in [-0.05, 0) is 19.3 Å². The van der Waals surface area contributed by atoms with Crippen molar-refractivity contribution in [3.63, 3.8) is 0 Å². The molecule has 1 unspecified atom stereocenters. The summed E-state index contributed by atoms with van der Waals surface area (Å²) in [7, 11) is 1.77. The molecule has 21 heavy (non-hydrogen) atoms. The second kappa shape index (κ2) is 6.89. The normalized spacial score (nSPS) is 24.2. The molecule has 2 saturated heterocycles. The highest BCUT2D eigenvalue weighted by atomic mass is 16.4. The second-order valence-electron chi connectivity index (χ2n) is 5.88. The zero-order valence-electron chi connectivity index (χ0n) is 12.4. The minimum atomic E-state index is -0.768. The van der Waals surface area contributed by atoms with Gasteiger partial charge in [0, 0.05) is 39.1 Å². The fraction of sp³-hybridized carbons (Fsp3) is 0.786. The number of amides is 2. The van der Waals surface area contributed by atoms with E-state index in [2.05, 4.69) is 5.32 Å². The van der Waals surface area contributed by atoms with Crippen LogP contribution in [0.3, 0.4) is 0 Å². The largest absolute Gasteiger partial charge is 0.481 e. The smallest absolute Gasteiger partial charge is 0.306 e. The van der Waals surface area contributed by atoms with E-state index >= 15 is 0 Å². The van der Waals surface area contributed by atoms with Gasteiger partial charge < -0.3 is 20.2 Å². The molecule has 2 N–H and O–H groups in total. The van der Waals surface area contributed by atoms with E-state index in [1.54, 1.807) is 16.8 Å². The van der Waals surface area contributed by atoms with Crippen molar-refractivity contribution in [3.05, 3.63) is 0 Å². The van der Waals surface area contributed by atoms with Crippen LogP contribution < -0.4 is 5.32 Å². The molecule has 2 aliphatic heterocycles. The summed E-state index contributed by atoms with van der Waals surface area (Å²) in [5, 5.41) is 12.1. The van der Waals surface area contributed by atoms with Crippen molar-refractivity contribution in [2.75, 3.05) is 33.2 Å². The zero-order chi connectivity index (χ0) is 15.4. The highest BCUT2D eigenvalue weighted by Gasteiger charge is 2.28. The number of carbonyl (C=O) groups excluding carboxylic acids is 2. The van der Waals surface area contributed by atoms with Crippen LogP contribution in [0.2, 0.25) is 0 Å². The van der Waals surface area contributed by atoms with Crippen LogP contribution in [-0.4, -0.2) is 72.0 Å². The Morgan fingerprint density at radius 1 is 1.29 bits per heavy atom. The quantitative estimate of drug-likeness (QED) is 0.731. The molecule has 0 aromatic carbocycles. The first-order chi connectivity index (χ1) is 9.97. The van der Waals surface area contributed by atoms with E-state index in [1.807, 2.05) is 0 Å². The zero-order valence-corrected chi connectivity index (χ0v) is 12.4. The maximum Gasteiger partial charge on any atom is 0.306 e. The van der Waals surface area contributed by atoms with Crippen molar-refractivity contribution in [2.45, 2.75) is 31.7 Å². The molecule has 0 aromatic heterocycles. The van der Waals surface area contributed by atoms with Crippen LogP contribution in [0.5, 0.6) is 0 Å². The molecule has 2 aliphatic rings. The van der Waals surface area contributed by atoms with Gasteiger partial charge in [0.25, 0.3) is 0 Å². The number of likely N-dealkylation sites (N-methyl/N-ethyl adjacent to an activating group) is 1. The fourth-order valence-electron chi connectivity index (χ4n) is 2.90. The Morgan fingerprint density at radius 3 is 2.52 bits per heavy atom. The van der Waals surface area contributed by atoms with Crippen LogP contribution in [0.1, 0.15) is 25.7 Å². The first-order valence-electron chi connectivity index (χ1n) is 7.45. The molecule has 7 heteroatoms. The van der Waals surface area contributed by atoms with Gasteiger partial charge in [0.15, 0.2) is 0 Å². The number of carboxylic acids is 1. The van der Waals surface area contributed by atoms with Gasteiger partial charge in [-0.1, -0.05) is 0 Å². The predicted octanol–water partition coefficient (Wildman–Crippen LogP) is -0.480. The lowest BCUT2D eigenvalue weighted by atomic mass is 9.97. The molecule has 118 valence electrons. The number of nitrogens with zero attached hydrogens (tertiary/aromatic N) is 2. The van der Waals surface area contributed by atoms with Gasteiger partial charge in [0.05, 0.1) is 12.5 Å².